The normalized spacial score (nSPS) is 16.8. The number of hydrogen-bond donors (Lipinski definition) is 0. The van der Waals surface area contributed by atoms with Crippen LogP contribution in [-0.2, 0) is 18.5 Å². The Bertz CT molecular complexity index is 2210. The summed E-state index contributed by atoms with van der Waals surface area (Å²) in [5, 5.41) is 1.46. The van der Waals surface area contributed by atoms with E-state index in [2.05, 4.69) is 98.8 Å². The number of benzene rings is 4. The first-order valence-corrected chi connectivity index (χ1v) is 31.1. The molecule has 0 saturated carbocycles. The van der Waals surface area contributed by atoms with Crippen molar-refractivity contribution in [1.29, 1.82) is 0 Å². The summed E-state index contributed by atoms with van der Waals surface area (Å²) in [6.45, 7) is 8.38. The standard InChI is InChI=1S/C44H37Cl2O2Si.2ClH.Zr/c1-25-5-17-33-37(43(25)29-9-13-31(45)14-10-29)21-35(41-19-7-27(3)47-41)39(33)23-49-24-40-34-18-6-26(2)44(30-11-15-32(46)16-12-30)38(34)22-36(40)42-20-8-28(4)48-42;;;/h5-22,39-40,49H,23-24H2,1-4H3;2*1H;/q;;;+2/p-2. The molecule has 0 amide bonds. The van der Waals surface area contributed by atoms with Gasteiger partial charge in [-0.1, -0.05) is 0 Å². The Balaban J connectivity index is 1.22. The summed E-state index contributed by atoms with van der Waals surface area (Å²) in [4.78, 5) is 0. The van der Waals surface area contributed by atoms with E-state index in [1.807, 2.05) is 38.1 Å². The minimum absolute atomic E-state index is 0.138. The molecular formula is C44H37Cl4O2SiZr. The van der Waals surface area contributed by atoms with E-state index in [4.69, 9.17) is 49.1 Å². The van der Waals surface area contributed by atoms with Gasteiger partial charge in [0, 0.05) is 0 Å². The summed E-state index contributed by atoms with van der Waals surface area (Å²) in [5.74, 6) is 2.18. The molecule has 261 valence electrons. The molecule has 4 aromatic carbocycles. The van der Waals surface area contributed by atoms with Crippen molar-refractivity contribution in [2.75, 3.05) is 0 Å². The van der Waals surface area contributed by atoms with Gasteiger partial charge in [0.05, 0.1) is 0 Å². The zero-order valence-electron chi connectivity index (χ0n) is 29.4. The van der Waals surface area contributed by atoms with E-state index in [-0.39, 0.29) is 11.8 Å². The van der Waals surface area contributed by atoms with Gasteiger partial charge in [-0.2, -0.15) is 0 Å². The first-order valence-electron chi connectivity index (χ1n) is 17.6. The Morgan fingerprint density at radius 1 is 0.538 bits per heavy atom. The quantitative estimate of drug-likeness (QED) is 0.135. The van der Waals surface area contributed by atoms with E-state index in [1.54, 1.807) is 0 Å². The van der Waals surface area contributed by atoms with Gasteiger partial charge in [0.1, 0.15) is 0 Å². The van der Waals surface area contributed by atoms with Crippen LogP contribution in [0.15, 0.2) is 106 Å². The van der Waals surface area contributed by atoms with Crippen LogP contribution in [0.2, 0.25) is 22.1 Å². The molecule has 2 unspecified atom stereocenters. The van der Waals surface area contributed by atoms with Crippen molar-refractivity contribution in [2.24, 2.45) is 0 Å². The second kappa shape index (κ2) is 14.8. The zero-order valence-corrected chi connectivity index (χ0v) is 36.0. The number of fused-ring (bicyclic) bond motifs is 2. The van der Waals surface area contributed by atoms with Crippen LogP contribution >= 0.6 is 40.2 Å². The van der Waals surface area contributed by atoms with Crippen molar-refractivity contribution >= 4 is 69.4 Å². The molecule has 0 spiro atoms. The number of halogens is 4. The Kier molecular flexibility index (Phi) is 10.3. The van der Waals surface area contributed by atoms with Crippen molar-refractivity contribution in [3.63, 3.8) is 0 Å². The molecule has 0 fully saturated rings. The maximum absolute atomic E-state index is 7.30. The van der Waals surface area contributed by atoms with E-state index >= 15 is 0 Å². The van der Waals surface area contributed by atoms with Crippen LogP contribution in [0.25, 0.3) is 45.6 Å². The number of rotatable bonds is 9. The second-order valence-electron chi connectivity index (χ2n) is 14.1. The summed E-state index contributed by atoms with van der Waals surface area (Å²) in [6, 6.07) is 35.7. The van der Waals surface area contributed by atoms with Crippen molar-refractivity contribution in [3.8, 4) is 22.3 Å². The van der Waals surface area contributed by atoms with Gasteiger partial charge in [0.15, 0.2) is 0 Å². The molecule has 8 rings (SSSR count). The van der Waals surface area contributed by atoms with Gasteiger partial charge in [-0.15, -0.1) is 0 Å². The first-order chi connectivity index (χ1) is 25.0. The van der Waals surface area contributed by atoms with Gasteiger partial charge < -0.3 is 0 Å². The van der Waals surface area contributed by atoms with Gasteiger partial charge in [0.25, 0.3) is 0 Å². The van der Waals surface area contributed by atoms with E-state index in [0.717, 1.165) is 56.3 Å². The summed E-state index contributed by atoms with van der Waals surface area (Å²) >= 11 is 9.87. The maximum atomic E-state index is 7.30. The van der Waals surface area contributed by atoms with Crippen molar-refractivity contribution < 1.29 is 27.4 Å². The topological polar surface area (TPSA) is 26.3 Å². The van der Waals surface area contributed by atoms with Crippen LogP contribution < -0.4 is 0 Å². The van der Waals surface area contributed by atoms with Crippen molar-refractivity contribution in [1.82, 2.24) is 0 Å². The van der Waals surface area contributed by atoms with E-state index < -0.39 is 24.4 Å². The van der Waals surface area contributed by atoms with Gasteiger partial charge in [-0.05, 0) is 0 Å². The minimum atomic E-state index is -2.77. The van der Waals surface area contributed by atoms with Crippen molar-refractivity contribution in [3.05, 3.63) is 164 Å². The third kappa shape index (κ3) is 6.85. The molecule has 52 heavy (non-hydrogen) atoms. The van der Waals surface area contributed by atoms with Gasteiger partial charge in [-0.25, -0.2) is 0 Å². The molecule has 0 bridgehead atoms. The average Bonchev–Trinajstić information content (AvgIpc) is 3.91. The predicted octanol–water partition coefficient (Wildman–Crippen LogP) is 14.4. The summed E-state index contributed by atoms with van der Waals surface area (Å²) in [6.07, 6.45) is 4.71. The molecule has 0 saturated heterocycles. The van der Waals surface area contributed by atoms with Gasteiger partial charge in [0.2, 0.25) is 0 Å². The SMILES string of the molecule is Cc1ccc(C2=Cc3c(ccc(C)c3-c3ccc(Cl)cc3)C2C[SiH](CC2C(c3ccc(C)o3)=Cc3c2ccc(C)c3-c2ccc(Cl)cc2)[Zr]([Cl])[Cl])o1. The Hall–Kier alpha value is -2.82. The molecule has 0 aliphatic heterocycles. The first kappa shape index (κ1) is 36.2. The zero-order chi connectivity index (χ0) is 36.3. The molecule has 2 heterocycles. The summed E-state index contributed by atoms with van der Waals surface area (Å²) in [7, 11) is 14.6. The molecule has 8 heteroatoms. The van der Waals surface area contributed by atoms with Crippen LogP contribution in [0.5, 0.6) is 0 Å². The number of allylic oxidation sites excluding steroid dienone is 2. The fourth-order valence-electron chi connectivity index (χ4n) is 8.27. The van der Waals surface area contributed by atoms with Crippen molar-refractivity contribution in [2.45, 2.75) is 51.6 Å². The third-order valence-electron chi connectivity index (χ3n) is 10.7. The Morgan fingerprint density at radius 2 is 0.942 bits per heavy atom. The van der Waals surface area contributed by atoms with E-state index in [9.17, 15) is 0 Å². The molecule has 2 nitrogen and oxygen atoms in total. The fourth-order valence-corrected chi connectivity index (χ4v) is 23.7. The van der Waals surface area contributed by atoms with Crippen LogP contribution in [0.3, 0.4) is 0 Å². The van der Waals surface area contributed by atoms with Crippen LogP contribution in [-0.4, -0.2) is 5.92 Å². The molecule has 2 aliphatic rings. The predicted molar refractivity (Wildman–Crippen MR) is 220 cm³/mol. The number of furan rings is 2. The number of aryl methyl sites for hydroxylation is 4. The second-order valence-corrected chi connectivity index (χ2v) is 38.5. The molecule has 2 aliphatic carbocycles. The Morgan fingerprint density at radius 3 is 1.29 bits per heavy atom. The number of hydrogen-bond acceptors (Lipinski definition) is 2. The van der Waals surface area contributed by atoms with Crippen LogP contribution in [0.4, 0.5) is 0 Å². The monoisotopic (exact) mass is 855 g/mol. The summed E-state index contributed by atoms with van der Waals surface area (Å²) in [5.41, 5.74) is 14.8. The molecular weight excluding hydrogens is 822 g/mol. The Labute approximate surface area is 331 Å². The van der Waals surface area contributed by atoms with E-state index in [1.165, 1.54) is 55.7 Å². The summed E-state index contributed by atoms with van der Waals surface area (Å²) < 4.78 is 12.7. The molecule has 0 N–H and O–H groups in total. The van der Waals surface area contributed by atoms with Crippen LogP contribution in [0.1, 0.15) is 68.3 Å². The third-order valence-corrected chi connectivity index (χ3v) is 32.9. The van der Waals surface area contributed by atoms with Gasteiger partial charge >= 0.3 is 334 Å². The van der Waals surface area contributed by atoms with Gasteiger partial charge in [-0.3, -0.25) is 0 Å². The van der Waals surface area contributed by atoms with Crippen LogP contribution in [0, 0.1) is 27.7 Å². The average molecular weight is 859 g/mol. The molecule has 2 atom stereocenters. The molecule has 0 radical (unpaired) electrons. The fraction of sp³-hybridized carbons (Fsp3) is 0.182. The molecule has 2 aromatic heterocycles. The molecule has 6 aromatic rings. The van der Waals surface area contributed by atoms with E-state index in [0.29, 0.717) is 0 Å².